The van der Waals surface area contributed by atoms with Crippen LogP contribution in [0, 0.1) is 0 Å². The summed E-state index contributed by atoms with van der Waals surface area (Å²) >= 11 is 10.7. The molecule has 2 nitrogen and oxygen atoms in total. The van der Waals surface area contributed by atoms with Crippen LogP contribution in [0.1, 0.15) is 13.3 Å². The Bertz CT molecular complexity index is 79.4. The lowest BCUT2D eigenvalue weighted by molar-refractivity contribution is 0.155. The molecule has 0 aromatic rings. The van der Waals surface area contributed by atoms with Crippen molar-refractivity contribution in [2.75, 3.05) is 0 Å². The van der Waals surface area contributed by atoms with Gasteiger partial charge in [-0.1, -0.05) is 6.92 Å². The molecule has 0 saturated heterocycles. The van der Waals surface area contributed by atoms with Crippen LogP contribution < -0.4 is 5.73 Å². The summed E-state index contributed by atoms with van der Waals surface area (Å²) in [7, 11) is 0. The van der Waals surface area contributed by atoms with E-state index in [1.807, 2.05) is 6.92 Å². The smallest absolute Gasteiger partial charge is 0.135 e. The lowest BCUT2D eigenvalue weighted by Crippen LogP contribution is -2.38. The van der Waals surface area contributed by atoms with Crippen LogP contribution in [0.2, 0.25) is 0 Å². The Hall–Kier alpha value is 0.500. The first-order chi connectivity index (χ1) is 4.09. The minimum atomic E-state index is -0.807. The zero-order valence-corrected chi connectivity index (χ0v) is 6.73. The van der Waals surface area contributed by atoms with Gasteiger partial charge in [0.05, 0.1) is 6.10 Å². The number of alkyl halides is 2. The van der Waals surface area contributed by atoms with Crippen LogP contribution in [-0.2, 0) is 0 Å². The fraction of sp³-hybridized carbons (Fsp3) is 1.00. The van der Waals surface area contributed by atoms with Crippen molar-refractivity contribution in [3.8, 4) is 0 Å². The van der Waals surface area contributed by atoms with Crippen molar-refractivity contribution in [3.05, 3.63) is 0 Å². The average Bonchev–Trinajstić information content (AvgIpc) is 1.84. The number of hydrogen-bond donors (Lipinski definition) is 2. The first-order valence-electron chi connectivity index (χ1n) is 2.81. The van der Waals surface area contributed by atoms with Crippen LogP contribution in [0.5, 0.6) is 0 Å². The molecule has 0 aliphatic heterocycles. The van der Waals surface area contributed by atoms with Gasteiger partial charge in [-0.3, -0.25) is 0 Å². The lowest BCUT2D eigenvalue weighted by atomic mass is 10.1. The Balaban J connectivity index is 3.58. The number of aliphatic hydroxyl groups is 1. The van der Waals surface area contributed by atoms with Crippen LogP contribution in [0.3, 0.4) is 0 Å². The molecule has 0 amide bonds. The molecule has 2 atom stereocenters. The van der Waals surface area contributed by atoms with E-state index in [1.54, 1.807) is 0 Å². The average molecular weight is 172 g/mol. The van der Waals surface area contributed by atoms with Crippen LogP contribution in [0.4, 0.5) is 0 Å². The fourth-order valence-corrected chi connectivity index (χ4v) is 0.802. The highest BCUT2D eigenvalue weighted by Crippen LogP contribution is 2.11. The topological polar surface area (TPSA) is 46.2 Å². The molecule has 0 aromatic heterocycles. The monoisotopic (exact) mass is 171 g/mol. The Morgan fingerprint density at radius 3 is 2.11 bits per heavy atom. The molecule has 0 fully saturated rings. The normalized spacial score (nSPS) is 18.0. The van der Waals surface area contributed by atoms with Gasteiger partial charge in [0, 0.05) is 6.04 Å². The summed E-state index contributed by atoms with van der Waals surface area (Å²) in [6.07, 6.45) is -0.129. The summed E-state index contributed by atoms with van der Waals surface area (Å²) in [6, 6.07) is -0.315. The van der Waals surface area contributed by atoms with Crippen molar-refractivity contribution in [1.29, 1.82) is 0 Å². The van der Waals surface area contributed by atoms with Crippen LogP contribution >= 0.6 is 23.2 Å². The van der Waals surface area contributed by atoms with E-state index in [2.05, 4.69) is 0 Å². The Morgan fingerprint density at radius 1 is 1.56 bits per heavy atom. The second-order valence-electron chi connectivity index (χ2n) is 1.90. The van der Waals surface area contributed by atoms with E-state index in [-0.39, 0.29) is 6.04 Å². The standard InChI is InChI=1S/C5H11Cl2NO/c1-2-3(8)4(9)5(6)7/h3-5,9H,2,8H2,1H3. The molecule has 0 radical (unpaired) electrons. The van der Waals surface area contributed by atoms with Crippen molar-refractivity contribution >= 4 is 23.2 Å². The molecule has 0 aliphatic carbocycles. The number of hydrogen-bond acceptors (Lipinski definition) is 2. The molecule has 0 aliphatic rings. The van der Waals surface area contributed by atoms with Gasteiger partial charge in [-0.05, 0) is 6.42 Å². The third kappa shape index (κ3) is 3.26. The summed E-state index contributed by atoms with van der Waals surface area (Å²) in [4.78, 5) is -0.778. The van der Waals surface area contributed by atoms with E-state index in [0.29, 0.717) is 6.42 Å². The minimum Gasteiger partial charge on any atom is -0.389 e. The molecule has 0 rings (SSSR count). The molecule has 0 bridgehead atoms. The van der Waals surface area contributed by atoms with E-state index in [0.717, 1.165) is 0 Å². The highest BCUT2D eigenvalue weighted by atomic mass is 35.5. The molecular weight excluding hydrogens is 161 g/mol. The lowest BCUT2D eigenvalue weighted by Gasteiger charge is -2.17. The molecule has 0 saturated carbocycles. The first-order valence-corrected chi connectivity index (χ1v) is 3.68. The largest absolute Gasteiger partial charge is 0.389 e. The van der Waals surface area contributed by atoms with Gasteiger partial charge in [0.2, 0.25) is 0 Å². The molecule has 56 valence electrons. The molecule has 4 heteroatoms. The molecule has 0 spiro atoms. The van der Waals surface area contributed by atoms with Gasteiger partial charge < -0.3 is 10.8 Å². The Kier molecular flexibility index (Phi) is 4.58. The Morgan fingerprint density at radius 2 is 2.00 bits per heavy atom. The number of aliphatic hydroxyl groups excluding tert-OH is 1. The van der Waals surface area contributed by atoms with Crippen LogP contribution in [0.25, 0.3) is 0 Å². The molecule has 2 unspecified atom stereocenters. The highest BCUT2D eigenvalue weighted by Gasteiger charge is 2.19. The summed E-state index contributed by atoms with van der Waals surface area (Å²) < 4.78 is 0. The van der Waals surface area contributed by atoms with Gasteiger partial charge in [0.25, 0.3) is 0 Å². The minimum absolute atomic E-state index is 0.315. The SMILES string of the molecule is CCC(N)C(O)C(Cl)Cl. The second kappa shape index (κ2) is 4.34. The second-order valence-corrected chi connectivity index (χ2v) is 3.06. The molecular formula is C5H11Cl2NO. The number of rotatable bonds is 3. The zero-order chi connectivity index (χ0) is 7.44. The van der Waals surface area contributed by atoms with Crippen molar-refractivity contribution in [2.24, 2.45) is 5.73 Å². The maximum absolute atomic E-state index is 9.01. The van der Waals surface area contributed by atoms with E-state index >= 15 is 0 Å². The van der Waals surface area contributed by atoms with E-state index in [4.69, 9.17) is 34.0 Å². The predicted molar refractivity (Wildman–Crippen MR) is 39.8 cm³/mol. The molecule has 0 aromatic carbocycles. The van der Waals surface area contributed by atoms with Gasteiger partial charge in [0.1, 0.15) is 4.84 Å². The van der Waals surface area contributed by atoms with E-state index in [1.165, 1.54) is 0 Å². The van der Waals surface area contributed by atoms with Crippen LogP contribution in [-0.4, -0.2) is 22.1 Å². The summed E-state index contributed by atoms with van der Waals surface area (Å²) in [5.74, 6) is 0. The number of nitrogens with two attached hydrogens (primary N) is 1. The summed E-state index contributed by atoms with van der Waals surface area (Å²) in [5, 5.41) is 9.01. The van der Waals surface area contributed by atoms with Gasteiger partial charge >= 0.3 is 0 Å². The molecule has 3 N–H and O–H groups in total. The van der Waals surface area contributed by atoms with Crippen molar-refractivity contribution in [3.63, 3.8) is 0 Å². The summed E-state index contributed by atoms with van der Waals surface area (Å²) in [5.41, 5.74) is 5.40. The molecule has 9 heavy (non-hydrogen) atoms. The van der Waals surface area contributed by atoms with Gasteiger partial charge in [-0.15, -0.1) is 23.2 Å². The van der Waals surface area contributed by atoms with Gasteiger partial charge in [0.15, 0.2) is 0 Å². The third-order valence-electron chi connectivity index (χ3n) is 1.17. The van der Waals surface area contributed by atoms with E-state index < -0.39 is 10.9 Å². The van der Waals surface area contributed by atoms with Crippen molar-refractivity contribution < 1.29 is 5.11 Å². The first kappa shape index (κ1) is 9.50. The highest BCUT2D eigenvalue weighted by molar-refractivity contribution is 6.44. The zero-order valence-electron chi connectivity index (χ0n) is 5.22. The quantitative estimate of drug-likeness (QED) is 0.621. The van der Waals surface area contributed by atoms with Gasteiger partial charge in [-0.2, -0.15) is 0 Å². The van der Waals surface area contributed by atoms with Crippen LogP contribution in [0.15, 0.2) is 0 Å². The van der Waals surface area contributed by atoms with Crippen molar-refractivity contribution in [2.45, 2.75) is 30.3 Å². The summed E-state index contributed by atoms with van der Waals surface area (Å²) in [6.45, 7) is 1.87. The maximum atomic E-state index is 9.01. The predicted octanol–water partition coefficient (Wildman–Crippen LogP) is 0.888. The maximum Gasteiger partial charge on any atom is 0.135 e. The Labute approximate surface area is 64.9 Å². The fourth-order valence-electron chi connectivity index (χ4n) is 0.428. The van der Waals surface area contributed by atoms with Gasteiger partial charge in [-0.25, -0.2) is 0 Å². The third-order valence-corrected chi connectivity index (χ3v) is 1.68. The molecule has 0 heterocycles. The van der Waals surface area contributed by atoms with E-state index in [9.17, 15) is 0 Å². The van der Waals surface area contributed by atoms with Crippen molar-refractivity contribution in [1.82, 2.24) is 0 Å². The number of halogens is 2.